The minimum Gasteiger partial charge on any atom is -0.444 e. The molecule has 0 bridgehead atoms. The molecule has 9 heteroatoms. The van der Waals surface area contributed by atoms with E-state index >= 15 is 0 Å². The molecule has 0 aliphatic carbocycles. The van der Waals surface area contributed by atoms with Crippen molar-refractivity contribution in [3.8, 4) is 0 Å². The Morgan fingerprint density at radius 1 is 0.971 bits per heavy atom. The van der Waals surface area contributed by atoms with Crippen LogP contribution >= 0.6 is 0 Å². The van der Waals surface area contributed by atoms with Crippen molar-refractivity contribution in [2.45, 2.75) is 45.0 Å². The van der Waals surface area contributed by atoms with E-state index in [0.29, 0.717) is 5.56 Å². The zero-order chi connectivity index (χ0) is 25.1. The van der Waals surface area contributed by atoms with Gasteiger partial charge >= 0.3 is 6.09 Å². The Morgan fingerprint density at radius 3 is 2.09 bits per heavy atom. The topological polar surface area (TPSA) is 128 Å². The predicted molar refractivity (Wildman–Crippen MR) is 127 cm³/mol. The van der Waals surface area contributed by atoms with E-state index < -0.39 is 48.8 Å². The van der Waals surface area contributed by atoms with E-state index in [1.54, 1.807) is 51.1 Å². The van der Waals surface area contributed by atoms with Crippen LogP contribution < -0.4 is 10.6 Å². The van der Waals surface area contributed by atoms with Gasteiger partial charge in [-0.1, -0.05) is 60.7 Å². The number of hydrogen-bond donors (Lipinski definition) is 4. The monoisotopic (exact) mass is 471 g/mol. The molecule has 0 saturated carbocycles. The lowest BCUT2D eigenvalue weighted by atomic mass is 10.0. The Morgan fingerprint density at radius 2 is 1.56 bits per heavy atom. The Bertz CT molecular complexity index is 931. The first-order valence-corrected chi connectivity index (χ1v) is 11.0. The molecule has 3 amide bonds. The molecular formula is C25H33N3O6. The van der Waals surface area contributed by atoms with Gasteiger partial charge in [-0.25, -0.2) is 4.79 Å². The van der Waals surface area contributed by atoms with Gasteiger partial charge in [-0.3, -0.25) is 9.59 Å². The van der Waals surface area contributed by atoms with Gasteiger partial charge < -0.3 is 30.5 Å². The lowest BCUT2D eigenvalue weighted by Gasteiger charge is -2.33. The Hall–Kier alpha value is -3.43. The molecule has 0 heterocycles. The SMILES string of the molecule is CC(C)(C)OC(=O)NC(CO)C(=O)N(CCO)C(C(=O)NCc1ccccc1)c1ccccc1. The number of amides is 3. The molecule has 0 aliphatic rings. The molecule has 9 nitrogen and oxygen atoms in total. The van der Waals surface area contributed by atoms with E-state index in [-0.39, 0.29) is 13.1 Å². The molecule has 0 saturated heterocycles. The molecule has 2 unspecified atom stereocenters. The summed E-state index contributed by atoms with van der Waals surface area (Å²) in [6, 6.07) is 15.5. The summed E-state index contributed by atoms with van der Waals surface area (Å²) >= 11 is 0. The third kappa shape index (κ3) is 8.17. The molecule has 184 valence electrons. The molecule has 2 aromatic carbocycles. The quantitative estimate of drug-likeness (QED) is 0.418. The van der Waals surface area contributed by atoms with E-state index in [9.17, 15) is 24.6 Å². The molecule has 4 N–H and O–H groups in total. The number of carbonyl (C=O) groups excluding carboxylic acids is 3. The zero-order valence-electron chi connectivity index (χ0n) is 19.7. The van der Waals surface area contributed by atoms with Crippen LogP contribution in [0.5, 0.6) is 0 Å². The Labute approximate surface area is 199 Å². The van der Waals surface area contributed by atoms with E-state index in [0.717, 1.165) is 10.5 Å². The molecule has 2 rings (SSSR count). The summed E-state index contributed by atoms with van der Waals surface area (Å²) in [5.41, 5.74) is 0.591. The van der Waals surface area contributed by atoms with Crippen LogP contribution in [0.1, 0.15) is 37.9 Å². The lowest BCUT2D eigenvalue weighted by Crippen LogP contribution is -2.55. The summed E-state index contributed by atoms with van der Waals surface area (Å²) in [7, 11) is 0. The fourth-order valence-corrected chi connectivity index (χ4v) is 3.30. The number of alkyl carbamates (subject to hydrolysis) is 1. The molecule has 0 radical (unpaired) electrons. The van der Waals surface area contributed by atoms with Gasteiger partial charge in [0.15, 0.2) is 0 Å². The van der Waals surface area contributed by atoms with Crippen LogP contribution in [0.15, 0.2) is 60.7 Å². The minimum atomic E-state index is -1.37. The highest BCUT2D eigenvalue weighted by atomic mass is 16.6. The standard InChI is InChI=1S/C25H33N3O6/c1-25(2,3)34-24(33)27-20(17-30)23(32)28(14-15-29)21(19-12-8-5-9-13-19)22(31)26-16-18-10-6-4-7-11-18/h4-13,20-21,29-30H,14-17H2,1-3H3,(H,26,31)(H,27,33). The molecule has 2 atom stereocenters. The van der Waals surface area contributed by atoms with E-state index in [1.807, 2.05) is 30.3 Å². The first-order chi connectivity index (χ1) is 16.2. The van der Waals surface area contributed by atoms with Crippen molar-refractivity contribution in [3.63, 3.8) is 0 Å². The smallest absolute Gasteiger partial charge is 0.408 e. The maximum absolute atomic E-state index is 13.4. The van der Waals surface area contributed by atoms with Gasteiger partial charge in [0.25, 0.3) is 0 Å². The number of rotatable bonds is 10. The maximum atomic E-state index is 13.4. The van der Waals surface area contributed by atoms with Crippen LogP contribution in [0.25, 0.3) is 0 Å². The van der Waals surface area contributed by atoms with Gasteiger partial charge in [-0.15, -0.1) is 0 Å². The van der Waals surface area contributed by atoms with Crippen molar-refractivity contribution in [1.82, 2.24) is 15.5 Å². The second-order valence-electron chi connectivity index (χ2n) is 8.65. The molecule has 2 aromatic rings. The molecule has 0 aromatic heterocycles. The second kappa shape index (κ2) is 12.7. The van der Waals surface area contributed by atoms with Gasteiger partial charge in [0.05, 0.1) is 13.2 Å². The molecule has 0 spiro atoms. The van der Waals surface area contributed by atoms with Gasteiger partial charge in [0.2, 0.25) is 11.8 Å². The van der Waals surface area contributed by atoms with Crippen LogP contribution in [0.4, 0.5) is 4.79 Å². The normalized spacial score (nSPS) is 12.9. The third-order valence-corrected chi connectivity index (χ3v) is 4.78. The summed E-state index contributed by atoms with van der Waals surface area (Å²) in [6.07, 6.45) is -0.881. The first-order valence-electron chi connectivity index (χ1n) is 11.0. The average Bonchev–Trinajstić information content (AvgIpc) is 2.80. The fraction of sp³-hybridized carbons (Fsp3) is 0.400. The number of aliphatic hydroxyl groups is 2. The summed E-state index contributed by atoms with van der Waals surface area (Å²) < 4.78 is 5.18. The van der Waals surface area contributed by atoms with Crippen molar-refractivity contribution >= 4 is 17.9 Å². The van der Waals surface area contributed by atoms with E-state index in [2.05, 4.69) is 10.6 Å². The van der Waals surface area contributed by atoms with Crippen LogP contribution in [0.3, 0.4) is 0 Å². The minimum absolute atomic E-state index is 0.191. The van der Waals surface area contributed by atoms with Crippen molar-refractivity contribution < 1.29 is 29.3 Å². The number of ether oxygens (including phenoxy) is 1. The fourth-order valence-electron chi connectivity index (χ4n) is 3.30. The largest absolute Gasteiger partial charge is 0.444 e. The van der Waals surface area contributed by atoms with E-state index in [4.69, 9.17) is 4.74 Å². The van der Waals surface area contributed by atoms with Gasteiger partial charge in [-0.05, 0) is 31.9 Å². The number of nitrogens with one attached hydrogen (secondary N) is 2. The van der Waals surface area contributed by atoms with Crippen LogP contribution in [-0.2, 0) is 20.9 Å². The van der Waals surface area contributed by atoms with Gasteiger partial charge in [0.1, 0.15) is 17.7 Å². The lowest BCUT2D eigenvalue weighted by molar-refractivity contribution is -0.143. The van der Waals surface area contributed by atoms with Crippen molar-refractivity contribution in [2.75, 3.05) is 19.8 Å². The number of benzene rings is 2. The van der Waals surface area contributed by atoms with Gasteiger partial charge in [0, 0.05) is 13.1 Å². The number of aliphatic hydroxyl groups excluding tert-OH is 2. The van der Waals surface area contributed by atoms with E-state index in [1.165, 1.54) is 0 Å². The first kappa shape index (κ1) is 26.8. The second-order valence-corrected chi connectivity index (χ2v) is 8.65. The summed E-state index contributed by atoms with van der Waals surface area (Å²) in [6.45, 7) is 3.92. The van der Waals surface area contributed by atoms with Crippen molar-refractivity contribution in [1.29, 1.82) is 0 Å². The number of carbonyl (C=O) groups is 3. The van der Waals surface area contributed by atoms with Crippen molar-refractivity contribution in [3.05, 3.63) is 71.8 Å². The zero-order valence-corrected chi connectivity index (χ0v) is 19.7. The highest BCUT2D eigenvalue weighted by Crippen LogP contribution is 2.22. The van der Waals surface area contributed by atoms with Crippen molar-refractivity contribution in [2.24, 2.45) is 0 Å². The number of nitrogens with zero attached hydrogens (tertiary/aromatic N) is 1. The highest BCUT2D eigenvalue weighted by molar-refractivity contribution is 5.92. The molecule has 0 aliphatic heterocycles. The number of hydrogen-bond acceptors (Lipinski definition) is 6. The average molecular weight is 472 g/mol. The Kier molecular flexibility index (Phi) is 10.0. The predicted octanol–water partition coefficient (Wildman–Crippen LogP) is 1.75. The van der Waals surface area contributed by atoms with Crippen LogP contribution in [0.2, 0.25) is 0 Å². The van der Waals surface area contributed by atoms with Crippen LogP contribution in [0, 0.1) is 0 Å². The van der Waals surface area contributed by atoms with Crippen LogP contribution in [-0.4, -0.2) is 64.4 Å². The Balaban J connectivity index is 2.30. The third-order valence-electron chi connectivity index (χ3n) is 4.78. The molecular weight excluding hydrogens is 438 g/mol. The molecule has 0 fully saturated rings. The van der Waals surface area contributed by atoms with Gasteiger partial charge in [-0.2, -0.15) is 0 Å². The highest BCUT2D eigenvalue weighted by Gasteiger charge is 2.35. The summed E-state index contributed by atoms with van der Waals surface area (Å²) in [5.74, 6) is -1.20. The maximum Gasteiger partial charge on any atom is 0.408 e. The summed E-state index contributed by atoms with van der Waals surface area (Å²) in [4.78, 5) is 40.0. The molecule has 34 heavy (non-hydrogen) atoms. The summed E-state index contributed by atoms with van der Waals surface area (Å²) in [5, 5.41) is 24.7.